The van der Waals surface area contributed by atoms with Crippen molar-refractivity contribution in [3.05, 3.63) is 96.0 Å². The van der Waals surface area contributed by atoms with Gasteiger partial charge >= 0.3 is 0 Å². The minimum Gasteiger partial charge on any atom is -0.469 e. The molecule has 0 saturated heterocycles. The smallest absolute Gasteiger partial charge is 0.296 e. The lowest BCUT2D eigenvalue weighted by Gasteiger charge is -2.09. The van der Waals surface area contributed by atoms with Gasteiger partial charge in [0.1, 0.15) is 11.6 Å². The zero-order chi connectivity index (χ0) is 22.7. The van der Waals surface area contributed by atoms with Crippen LogP contribution in [0.1, 0.15) is 26.5 Å². The van der Waals surface area contributed by atoms with Crippen molar-refractivity contribution in [2.24, 2.45) is 0 Å². The molecule has 4 rings (SSSR count). The minimum atomic E-state index is -0.924. The number of hydrogen-bond donors (Lipinski definition) is 2. The Labute approximate surface area is 181 Å². The molecule has 0 unspecified atom stereocenters. The van der Waals surface area contributed by atoms with E-state index in [0.717, 1.165) is 11.8 Å². The lowest BCUT2D eigenvalue weighted by Crippen LogP contribution is -2.22. The maximum absolute atomic E-state index is 14.2. The van der Waals surface area contributed by atoms with Crippen LogP contribution in [0.15, 0.2) is 77.7 Å². The summed E-state index contributed by atoms with van der Waals surface area (Å²) < 4.78 is 20.7. The van der Waals surface area contributed by atoms with Gasteiger partial charge in [0, 0.05) is 11.9 Å². The standard InChI is InChI=1S/C23H17FN4O4/c1-14-18(9-10-32-14)22(30)27-20-11-16(7-8-19(20)24)26-23(31)21(29)15-12-25-28(13-15)17-5-3-2-4-6-17/h2-13H,1H3,(H,26,31)(H,27,30). The molecule has 0 atom stereocenters. The van der Waals surface area contributed by atoms with Crippen molar-refractivity contribution in [2.75, 3.05) is 10.6 Å². The van der Waals surface area contributed by atoms with Gasteiger partial charge in [-0.2, -0.15) is 5.10 Å². The number of furan rings is 1. The van der Waals surface area contributed by atoms with Crippen molar-refractivity contribution in [2.45, 2.75) is 6.92 Å². The van der Waals surface area contributed by atoms with E-state index < -0.39 is 23.4 Å². The lowest BCUT2D eigenvalue weighted by molar-refractivity contribution is -0.112. The average Bonchev–Trinajstić information content (AvgIpc) is 3.45. The Morgan fingerprint density at radius 2 is 1.81 bits per heavy atom. The quantitative estimate of drug-likeness (QED) is 0.354. The van der Waals surface area contributed by atoms with Crippen LogP contribution in [0.5, 0.6) is 0 Å². The molecular weight excluding hydrogens is 415 g/mol. The van der Waals surface area contributed by atoms with E-state index in [-0.39, 0.29) is 22.5 Å². The van der Waals surface area contributed by atoms with Gasteiger partial charge in [0.2, 0.25) is 0 Å². The second kappa shape index (κ2) is 8.68. The van der Waals surface area contributed by atoms with Crippen molar-refractivity contribution in [1.29, 1.82) is 0 Å². The van der Waals surface area contributed by atoms with Crippen LogP contribution < -0.4 is 10.6 Å². The van der Waals surface area contributed by atoms with E-state index in [2.05, 4.69) is 15.7 Å². The summed E-state index contributed by atoms with van der Waals surface area (Å²) >= 11 is 0. The van der Waals surface area contributed by atoms with Crippen LogP contribution in [0.4, 0.5) is 15.8 Å². The number of para-hydroxylation sites is 1. The molecule has 4 aromatic rings. The number of nitrogens with zero attached hydrogens (tertiary/aromatic N) is 2. The lowest BCUT2D eigenvalue weighted by atomic mass is 10.2. The van der Waals surface area contributed by atoms with Crippen molar-refractivity contribution in [3.8, 4) is 5.69 Å². The summed E-state index contributed by atoms with van der Waals surface area (Å²) in [5.74, 6) is -2.62. The number of halogens is 1. The number of nitrogens with one attached hydrogen (secondary N) is 2. The third kappa shape index (κ3) is 4.31. The third-order valence-electron chi connectivity index (χ3n) is 4.65. The third-order valence-corrected chi connectivity index (χ3v) is 4.65. The Morgan fingerprint density at radius 1 is 1.03 bits per heavy atom. The fourth-order valence-corrected chi connectivity index (χ4v) is 2.99. The van der Waals surface area contributed by atoms with Crippen LogP contribution in [-0.2, 0) is 4.79 Å². The highest BCUT2D eigenvalue weighted by atomic mass is 19.1. The molecule has 2 heterocycles. The topological polar surface area (TPSA) is 106 Å². The van der Waals surface area contributed by atoms with Gasteiger partial charge < -0.3 is 15.1 Å². The van der Waals surface area contributed by atoms with Gasteiger partial charge in [0.05, 0.1) is 35.0 Å². The molecule has 0 aliphatic heterocycles. The van der Waals surface area contributed by atoms with Crippen LogP contribution in [0.3, 0.4) is 0 Å². The Balaban J connectivity index is 1.47. The van der Waals surface area contributed by atoms with Crippen LogP contribution in [0.2, 0.25) is 0 Å². The van der Waals surface area contributed by atoms with Crippen molar-refractivity contribution >= 4 is 29.0 Å². The Kier molecular flexibility index (Phi) is 5.63. The average molecular weight is 432 g/mol. The molecule has 0 bridgehead atoms. The molecule has 32 heavy (non-hydrogen) atoms. The summed E-state index contributed by atoms with van der Waals surface area (Å²) in [5, 5.41) is 8.94. The number of ketones is 1. The van der Waals surface area contributed by atoms with Gasteiger partial charge in [0.15, 0.2) is 0 Å². The van der Waals surface area contributed by atoms with Crippen molar-refractivity contribution in [1.82, 2.24) is 9.78 Å². The summed E-state index contributed by atoms with van der Waals surface area (Å²) in [4.78, 5) is 37.2. The van der Waals surface area contributed by atoms with Gasteiger partial charge in [-0.05, 0) is 43.3 Å². The molecule has 0 spiro atoms. The predicted octanol–water partition coefficient (Wildman–Crippen LogP) is 3.99. The van der Waals surface area contributed by atoms with E-state index >= 15 is 0 Å². The van der Waals surface area contributed by atoms with Crippen LogP contribution in [-0.4, -0.2) is 27.4 Å². The highest BCUT2D eigenvalue weighted by molar-refractivity contribution is 6.46. The number of anilines is 2. The fraction of sp³-hybridized carbons (Fsp3) is 0.0435. The molecule has 8 nitrogen and oxygen atoms in total. The van der Waals surface area contributed by atoms with E-state index in [1.807, 2.05) is 18.2 Å². The van der Waals surface area contributed by atoms with E-state index in [9.17, 15) is 18.8 Å². The first-order valence-electron chi connectivity index (χ1n) is 9.53. The number of rotatable bonds is 6. The van der Waals surface area contributed by atoms with Gasteiger partial charge in [-0.15, -0.1) is 0 Å². The molecule has 0 aliphatic rings. The SMILES string of the molecule is Cc1occc1C(=O)Nc1cc(NC(=O)C(=O)c2cnn(-c3ccccc3)c2)ccc1F. The zero-order valence-electron chi connectivity index (χ0n) is 16.8. The Hall–Kier alpha value is -4.53. The monoisotopic (exact) mass is 432 g/mol. The van der Waals surface area contributed by atoms with E-state index in [4.69, 9.17) is 4.42 Å². The number of carbonyl (C=O) groups is 3. The first kappa shape index (κ1) is 20.7. The molecule has 0 fully saturated rings. The number of benzene rings is 2. The number of aromatic nitrogens is 2. The molecule has 2 amide bonds. The molecule has 2 aromatic heterocycles. The summed E-state index contributed by atoms with van der Waals surface area (Å²) in [5.41, 5.74) is 1.07. The fourth-order valence-electron chi connectivity index (χ4n) is 2.99. The van der Waals surface area contributed by atoms with Gasteiger partial charge in [-0.1, -0.05) is 18.2 Å². The zero-order valence-corrected chi connectivity index (χ0v) is 16.8. The first-order valence-corrected chi connectivity index (χ1v) is 9.53. The normalized spacial score (nSPS) is 10.6. The number of aryl methyl sites for hydroxylation is 1. The number of hydrogen-bond acceptors (Lipinski definition) is 5. The summed E-state index contributed by atoms with van der Waals surface area (Å²) in [6.45, 7) is 1.60. The van der Waals surface area contributed by atoms with Crippen molar-refractivity contribution in [3.63, 3.8) is 0 Å². The maximum Gasteiger partial charge on any atom is 0.296 e. The second-order valence-corrected chi connectivity index (χ2v) is 6.83. The highest BCUT2D eigenvalue weighted by Crippen LogP contribution is 2.22. The summed E-state index contributed by atoms with van der Waals surface area (Å²) in [6.07, 6.45) is 4.09. The largest absolute Gasteiger partial charge is 0.469 e. The van der Waals surface area contributed by atoms with Gasteiger partial charge in [-0.3, -0.25) is 14.4 Å². The van der Waals surface area contributed by atoms with Crippen LogP contribution in [0.25, 0.3) is 5.69 Å². The van der Waals surface area contributed by atoms with Crippen molar-refractivity contribution < 1.29 is 23.2 Å². The minimum absolute atomic E-state index is 0.0948. The van der Waals surface area contributed by atoms with E-state index in [1.54, 1.807) is 19.1 Å². The van der Waals surface area contributed by atoms with Crippen LogP contribution in [0, 0.1) is 12.7 Å². The number of Topliss-reactive ketones (excluding diaryl/α,β-unsaturated/α-hetero) is 1. The molecule has 0 aliphatic carbocycles. The Bertz CT molecular complexity index is 1310. The molecule has 2 aromatic carbocycles. The predicted molar refractivity (Wildman–Crippen MR) is 114 cm³/mol. The summed E-state index contributed by atoms with van der Waals surface area (Å²) in [7, 11) is 0. The maximum atomic E-state index is 14.2. The molecule has 0 saturated carbocycles. The highest BCUT2D eigenvalue weighted by Gasteiger charge is 2.20. The molecule has 160 valence electrons. The van der Waals surface area contributed by atoms with Gasteiger partial charge in [0.25, 0.3) is 17.6 Å². The van der Waals surface area contributed by atoms with E-state index in [0.29, 0.717) is 5.76 Å². The molecule has 0 radical (unpaired) electrons. The second-order valence-electron chi connectivity index (χ2n) is 6.83. The first-order chi connectivity index (χ1) is 15.4. The molecular formula is C23H17FN4O4. The Morgan fingerprint density at radius 3 is 2.53 bits per heavy atom. The molecule has 2 N–H and O–H groups in total. The van der Waals surface area contributed by atoms with Crippen LogP contribution >= 0.6 is 0 Å². The van der Waals surface area contributed by atoms with Gasteiger partial charge in [-0.25, -0.2) is 9.07 Å². The summed E-state index contributed by atoms with van der Waals surface area (Å²) in [6, 6.07) is 14.2. The van der Waals surface area contributed by atoms with E-state index in [1.165, 1.54) is 41.5 Å². The number of carbonyl (C=O) groups excluding carboxylic acids is 3. The molecule has 9 heteroatoms. The number of amides is 2.